The molecule has 21 heavy (non-hydrogen) atoms. The first-order valence-electron chi connectivity index (χ1n) is 6.62. The van der Waals surface area contributed by atoms with Gasteiger partial charge >= 0.3 is 0 Å². The molecule has 0 saturated heterocycles. The SMILES string of the molecule is CC(=O)c1ccc(NC(=O)[C@@H](C)SCc2ccco2)cc1. The average Bonchev–Trinajstić information content (AvgIpc) is 2.98. The van der Waals surface area contributed by atoms with Crippen LogP contribution in [0.5, 0.6) is 0 Å². The number of nitrogens with one attached hydrogen (secondary N) is 1. The first-order chi connectivity index (χ1) is 10.1. The number of anilines is 1. The molecule has 1 N–H and O–H groups in total. The van der Waals surface area contributed by atoms with Gasteiger partial charge in [0.15, 0.2) is 5.78 Å². The molecule has 0 radical (unpaired) electrons. The van der Waals surface area contributed by atoms with E-state index in [0.717, 1.165) is 5.76 Å². The molecule has 5 heteroatoms. The monoisotopic (exact) mass is 303 g/mol. The molecule has 1 aromatic carbocycles. The summed E-state index contributed by atoms with van der Waals surface area (Å²) in [6, 6.07) is 10.6. The van der Waals surface area contributed by atoms with Crippen molar-refractivity contribution in [3.63, 3.8) is 0 Å². The third kappa shape index (κ3) is 4.49. The molecule has 110 valence electrons. The number of Topliss-reactive ketones (excluding diaryl/α,β-unsaturated/α-hetero) is 1. The maximum Gasteiger partial charge on any atom is 0.237 e. The maximum absolute atomic E-state index is 12.1. The van der Waals surface area contributed by atoms with Crippen molar-refractivity contribution in [1.82, 2.24) is 0 Å². The number of hydrogen-bond acceptors (Lipinski definition) is 4. The van der Waals surface area contributed by atoms with Gasteiger partial charge in [-0.1, -0.05) is 0 Å². The second kappa shape index (κ2) is 7.13. The summed E-state index contributed by atoms with van der Waals surface area (Å²) in [4.78, 5) is 23.2. The second-order valence-corrected chi connectivity index (χ2v) is 5.98. The van der Waals surface area contributed by atoms with Crippen LogP contribution in [0, 0.1) is 0 Å². The Morgan fingerprint density at radius 2 is 1.95 bits per heavy atom. The largest absolute Gasteiger partial charge is 0.468 e. The van der Waals surface area contributed by atoms with E-state index >= 15 is 0 Å². The minimum atomic E-state index is -0.192. The van der Waals surface area contributed by atoms with Gasteiger partial charge < -0.3 is 9.73 Å². The van der Waals surface area contributed by atoms with Crippen molar-refractivity contribution >= 4 is 29.1 Å². The Morgan fingerprint density at radius 1 is 1.24 bits per heavy atom. The molecule has 0 aliphatic heterocycles. The number of carbonyl (C=O) groups is 2. The molecule has 4 nitrogen and oxygen atoms in total. The predicted octanol–water partition coefficient (Wildman–Crippen LogP) is 3.74. The predicted molar refractivity (Wildman–Crippen MR) is 84.5 cm³/mol. The van der Waals surface area contributed by atoms with Gasteiger partial charge in [0, 0.05) is 11.3 Å². The third-order valence-electron chi connectivity index (χ3n) is 2.98. The molecule has 1 atom stereocenters. The molecule has 2 rings (SSSR count). The van der Waals surface area contributed by atoms with E-state index in [0.29, 0.717) is 17.0 Å². The van der Waals surface area contributed by atoms with Gasteiger partial charge in [0.05, 0.1) is 17.3 Å². The van der Waals surface area contributed by atoms with E-state index < -0.39 is 0 Å². The topological polar surface area (TPSA) is 59.3 Å². The molecule has 1 amide bonds. The number of hydrogen-bond donors (Lipinski definition) is 1. The fraction of sp³-hybridized carbons (Fsp3) is 0.250. The fourth-order valence-electron chi connectivity index (χ4n) is 1.71. The number of ketones is 1. The van der Waals surface area contributed by atoms with Crippen molar-refractivity contribution < 1.29 is 14.0 Å². The molecule has 0 bridgehead atoms. The van der Waals surface area contributed by atoms with Crippen LogP contribution in [0.3, 0.4) is 0 Å². The number of benzene rings is 1. The minimum Gasteiger partial charge on any atom is -0.468 e. The van der Waals surface area contributed by atoms with E-state index in [9.17, 15) is 9.59 Å². The molecular weight excluding hydrogens is 286 g/mol. The summed E-state index contributed by atoms with van der Waals surface area (Å²) < 4.78 is 5.23. The summed E-state index contributed by atoms with van der Waals surface area (Å²) in [5.74, 6) is 1.45. The molecule has 0 aliphatic rings. The Balaban J connectivity index is 1.86. The van der Waals surface area contributed by atoms with Gasteiger partial charge in [-0.2, -0.15) is 0 Å². The first kappa shape index (κ1) is 15.4. The highest BCUT2D eigenvalue weighted by Crippen LogP contribution is 2.19. The minimum absolute atomic E-state index is 0.00949. The van der Waals surface area contributed by atoms with Gasteiger partial charge in [0.25, 0.3) is 0 Å². The van der Waals surface area contributed by atoms with Crippen molar-refractivity contribution in [3.05, 3.63) is 54.0 Å². The molecular formula is C16H17NO3S. The van der Waals surface area contributed by atoms with Gasteiger partial charge in [0.1, 0.15) is 5.76 Å². The van der Waals surface area contributed by atoms with E-state index in [1.54, 1.807) is 30.5 Å². The molecule has 0 unspecified atom stereocenters. The average molecular weight is 303 g/mol. The van der Waals surface area contributed by atoms with Gasteiger partial charge in [-0.25, -0.2) is 0 Å². The van der Waals surface area contributed by atoms with Crippen molar-refractivity contribution in [2.45, 2.75) is 24.9 Å². The van der Waals surface area contributed by atoms with Crippen LogP contribution in [0.2, 0.25) is 0 Å². The van der Waals surface area contributed by atoms with E-state index in [1.165, 1.54) is 18.7 Å². The lowest BCUT2D eigenvalue weighted by atomic mass is 10.1. The zero-order chi connectivity index (χ0) is 15.2. The van der Waals surface area contributed by atoms with Gasteiger partial charge in [0.2, 0.25) is 5.91 Å². The van der Waals surface area contributed by atoms with Crippen LogP contribution in [0.1, 0.15) is 30.0 Å². The molecule has 1 heterocycles. The van der Waals surface area contributed by atoms with Crippen LogP contribution in [-0.4, -0.2) is 16.9 Å². The number of carbonyl (C=O) groups excluding carboxylic acids is 2. The Labute approximate surface area is 127 Å². The summed E-state index contributed by atoms with van der Waals surface area (Å²) in [5.41, 5.74) is 1.32. The van der Waals surface area contributed by atoms with Crippen LogP contribution >= 0.6 is 11.8 Å². The van der Waals surface area contributed by atoms with E-state index in [2.05, 4.69) is 5.32 Å². The molecule has 2 aromatic rings. The number of rotatable bonds is 6. The summed E-state index contributed by atoms with van der Waals surface area (Å²) >= 11 is 1.51. The van der Waals surface area contributed by atoms with Crippen molar-refractivity contribution in [2.75, 3.05) is 5.32 Å². The summed E-state index contributed by atoms with van der Waals surface area (Å²) in [6.45, 7) is 3.37. The lowest BCUT2D eigenvalue weighted by molar-refractivity contribution is -0.115. The van der Waals surface area contributed by atoms with Crippen LogP contribution in [0.4, 0.5) is 5.69 Å². The standard InChI is InChI=1S/C16H17NO3S/c1-11(18)13-5-7-14(8-6-13)17-16(19)12(2)21-10-15-4-3-9-20-15/h3-9,12H,10H2,1-2H3,(H,17,19)/t12-/m1/s1. The summed E-state index contributed by atoms with van der Waals surface area (Å²) in [6.07, 6.45) is 1.62. The Bertz CT molecular complexity index is 605. The van der Waals surface area contributed by atoms with Crippen LogP contribution in [0.25, 0.3) is 0 Å². The molecule has 0 aliphatic carbocycles. The Morgan fingerprint density at radius 3 is 2.52 bits per heavy atom. The summed E-state index contributed by atoms with van der Waals surface area (Å²) in [5, 5.41) is 2.64. The highest BCUT2D eigenvalue weighted by Gasteiger charge is 2.14. The van der Waals surface area contributed by atoms with Crippen molar-refractivity contribution in [1.29, 1.82) is 0 Å². The van der Waals surface area contributed by atoms with Crippen LogP contribution in [0.15, 0.2) is 47.1 Å². The van der Waals surface area contributed by atoms with E-state index in [-0.39, 0.29) is 16.9 Å². The van der Waals surface area contributed by atoms with Gasteiger partial charge in [-0.3, -0.25) is 9.59 Å². The van der Waals surface area contributed by atoms with Gasteiger partial charge in [-0.05, 0) is 50.2 Å². The highest BCUT2D eigenvalue weighted by atomic mass is 32.2. The zero-order valence-corrected chi connectivity index (χ0v) is 12.8. The Hall–Kier alpha value is -2.01. The molecule has 1 aromatic heterocycles. The second-order valence-electron chi connectivity index (χ2n) is 4.66. The highest BCUT2D eigenvalue weighted by molar-refractivity contribution is 7.99. The molecule has 0 saturated carbocycles. The van der Waals surface area contributed by atoms with Crippen LogP contribution < -0.4 is 5.32 Å². The van der Waals surface area contributed by atoms with Crippen molar-refractivity contribution in [3.8, 4) is 0 Å². The Kier molecular flexibility index (Phi) is 5.22. The maximum atomic E-state index is 12.1. The quantitative estimate of drug-likeness (QED) is 0.826. The lowest BCUT2D eigenvalue weighted by Crippen LogP contribution is -2.22. The van der Waals surface area contributed by atoms with Gasteiger partial charge in [-0.15, -0.1) is 11.8 Å². The first-order valence-corrected chi connectivity index (χ1v) is 7.67. The van der Waals surface area contributed by atoms with E-state index in [1.807, 2.05) is 19.1 Å². The van der Waals surface area contributed by atoms with Crippen LogP contribution in [-0.2, 0) is 10.5 Å². The number of amides is 1. The number of thioether (sulfide) groups is 1. The normalized spacial score (nSPS) is 11.9. The van der Waals surface area contributed by atoms with Crippen molar-refractivity contribution in [2.24, 2.45) is 0 Å². The van der Waals surface area contributed by atoms with E-state index in [4.69, 9.17) is 4.42 Å². The third-order valence-corrected chi connectivity index (χ3v) is 4.15. The fourth-order valence-corrected chi connectivity index (χ4v) is 2.50. The molecule has 0 fully saturated rings. The zero-order valence-electron chi connectivity index (χ0n) is 12.0. The lowest BCUT2D eigenvalue weighted by Gasteiger charge is -2.11. The summed E-state index contributed by atoms with van der Waals surface area (Å²) in [7, 11) is 0. The molecule has 0 spiro atoms. The smallest absolute Gasteiger partial charge is 0.237 e. The number of furan rings is 1.